The molecule has 0 spiro atoms. The van der Waals surface area contributed by atoms with Crippen LogP contribution in [-0.2, 0) is 14.8 Å². The van der Waals surface area contributed by atoms with E-state index in [-0.39, 0.29) is 10.8 Å². The van der Waals surface area contributed by atoms with Gasteiger partial charge in [-0.1, -0.05) is 17.7 Å². The van der Waals surface area contributed by atoms with Gasteiger partial charge in [0.05, 0.1) is 4.90 Å². The van der Waals surface area contributed by atoms with Gasteiger partial charge in [-0.15, -0.1) is 11.6 Å². The highest BCUT2D eigenvalue weighted by Gasteiger charge is 2.16. The van der Waals surface area contributed by atoms with Crippen LogP contribution in [0.2, 0.25) is 0 Å². The molecule has 0 atom stereocenters. The van der Waals surface area contributed by atoms with Gasteiger partial charge in [-0.25, -0.2) is 13.1 Å². The van der Waals surface area contributed by atoms with Crippen molar-refractivity contribution in [2.45, 2.75) is 11.8 Å². The van der Waals surface area contributed by atoms with Crippen molar-refractivity contribution >= 4 is 27.5 Å². The third kappa shape index (κ3) is 3.21. The van der Waals surface area contributed by atoms with E-state index in [9.17, 15) is 13.2 Å². The third-order valence-electron chi connectivity index (χ3n) is 1.70. The van der Waals surface area contributed by atoms with Gasteiger partial charge in [-0.3, -0.25) is 4.79 Å². The van der Waals surface area contributed by atoms with Gasteiger partial charge in [-0.05, 0) is 19.1 Å². The predicted octanol–water partition coefficient (Wildman–Crippen LogP) is 1.04. The maximum absolute atomic E-state index is 11.5. The Balaban J connectivity index is 2.96. The monoisotopic (exact) mass is 247 g/mol. The van der Waals surface area contributed by atoms with Crippen LogP contribution in [0, 0.1) is 6.92 Å². The maximum Gasteiger partial charge on any atom is 0.264 e. The fourth-order valence-electron chi connectivity index (χ4n) is 0.953. The minimum atomic E-state index is -3.77. The van der Waals surface area contributed by atoms with Crippen molar-refractivity contribution in [3.05, 3.63) is 29.8 Å². The molecule has 1 rings (SSSR count). The summed E-state index contributed by atoms with van der Waals surface area (Å²) in [5.74, 6) is -1.12. The van der Waals surface area contributed by atoms with Crippen molar-refractivity contribution in [2.75, 3.05) is 5.88 Å². The average Bonchev–Trinajstić information content (AvgIpc) is 2.17. The minimum absolute atomic E-state index is 0.0477. The number of halogens is 1. The summed E-state index contributed by atoms with van der Waals surface area (Å²) in [4.78, 5) is 10.9. The first-order valence-electron chi connectivity index (χ1n) is 4.14. The SMILES string of the molecule is Cc1ccc(S(=O)(=O)NC(=O)CCl)cc1. The zero-order chi connectivity index (χ0) is 11.5. The van der Waals surface area contributed by atoms with Crippen LogP contribution in [0.3, 0.4) is 0 Å². The molecule has 0 aliphatic rings. The van der Waals surface area contributed by atoms with Crippen LogP contribution in [-0.4, -0.2) is 20.2 Å². The summed E-state index contributed by atoms with van der Waals surface area (Å²) in [6, 6.07) is 6.16. The zero-order valence-corrected chi connectivity index (χ0v) is 9.60. The van der Waals surface area contributed by atoms with E-state index in [1.54, 1.807) is 12.1 Å². The fourth-order valence-corrected chi connectivity index (χ4v) is 2.08. The molecule has 1 aromatic rings. The van der Waals surface area contributed by atoms with Crippen molar-refractivity contribution in [3.8, 4) is 0 Å². The number of carbonyl (C=O) groups excluding carboxylic acids is 1. The molecule has 0 unspecified atom stereocenters. The number of alkyl halides is 1. The van der Waals surface area contributed by atoms with Crippen LogP contribution >= 0.6 is 11.6 Å². The van der Waals surface area contributed by atoms with E-state index in [0.29, 0.717) is 0 Å². The maximum atomic E-state index is 11.5. The van der Waals surface area contributed by atoms with Gasteiger partial charge in [0, 0.05) is 0 Å². The fraction of sp³-hybridized carbons (Fsp3) is 0.222. The topological polar surface area (TPSA) is 63.2 Å². The molecule has 0 aromatic heterocycles. The summed E-state index contributed by atoms with van der Waals surface area (Å²) in [5, 5.41) is 0. The second kappa shape index (κ2) is 4.63. The zero-order valence-electron chi connectivity index (χ0n) is 8.03. The first-order chi connectivity index (χ1) is 6.95. The van der Waals surface area contributed by atoms with Gasteiger partial charge >= 0.3 is 0 Å². The summed E-state index contributed by atoms with van der Waals surface area (Å²) < 4.78 is 24.9. The predicted molar refractivity (Wildman–Crippen MR) is 57.2 cm³/mol. The van der Waals surface area contributed by atoms with Crippen molar-refractivity contribution in [1.29, 1.82) is 0 Å². The quantitative estimate of drug-likeness (QED) is 0.812. The lowest BCUT2D eigenvalue weighted by atomic mass is 10.2. The van der Waals surface area contributed by atoms with E-state index in [1.807, 2.05) is 11.6 Å². The Hall–Kier alpha value is -1.07. The number of carbonyl (C=O) groups is 1. The van der Waals surface area contributed by atoms with E-state index >= 15 is 0 Å². The molecule has 0 saturated carbocycles. The summed E-state index contributed by atoms with van der Waals surface area (Å²) in [6.07, 6.45) is 0. The van der Waals surface area contributed by atoms with E-state index in [2.05, 4.69) is 0 Å². The number of hydrogen-bond donors (Lipinski definition) is 1. The largest absolute Gasteiger partial charge is 0.273 e. The Morgan fingerprint density at radius 1 is 1.33 bits per heavy atom. The Bertz CT molecular complexity index is 453. The Morgan fingerprint density at radius 2 is 1.87 bits per heavy atom. The lowest BCUT2D eigenvalue weighted by Crippen LogP contribution is -2.31. The molecule has 0 fully saturated rings. The molecular formula is C9H10ClNO3S. The van der Waals surface area contributed by atoms with Crippen LogP contribution in [0.1, 0.15) is 5.56 Å². The molecule has 1 aromatic carbocycles. The second-order valence-corrected chi connectivity index (χ2v) is 4.93. The van der Waals surface area contributed by atoms with Gasteiger partial charge in [0.15, 0.2) is 0 Å². The Kier molecular flexibility index (Phi) is 3.71. The Morgan fingerprint density at radius 3 is 2.33 bits per heavy atom. The summed E-state index contributed by atoms with van der Waals surface area (Å²) >= 11 is 5.19. The number of rotatable bonds is 3. The molecule has 4 nitrogen and oxygen atoms in total. The molecule has 0 bridgehead atoms. The molecule has 0 aliphatic carbocycles. The van der Waals surface area contributed by atoms with E-state index in [1.165, 1.54) is 12.1 Å². The van der Waals surface area contributed by atoms with Crippen LogP contribution in [0.15, 0.2) is 29.2 Å². The van der Waals surface area contributed by atoms with Crippen LogP contribution in [0.4, 0.5) is 0 Å². The molecule has 6 heteroatoms. The van der Waals surface area contributed by atoms with E-state index in [0.717, 1.165) is 5.56 Å². The number of hydrogen-bond acceptors (Lipinski definition) is 3. The number of sulfonamides is 1. The highest BCUT2D eigenvalue weighted by molar-refractivity contribution is 7.90. The molecule has 1 N–H and O–H groups in total. The lowest BCUT2D eigenvalue weighted by molar-refractivity contribution is -0.116. The second-order valence-electron chi connectivity index (χ2n) is 2.98. The third-order valence-corrected chi connectivity index (χ3v) is 3.33. The molecule has 1 amide bonds. The summed E-state index contributed by atoms with van der Waals surface area (Å²) in [7, 11) is -3.77. The van der Waals surface area contributed by atoms with Crippen LogP contribution < -0.4 is 4.72 Å². The molecule has 15 heavy (non-hydrogen) atoms. The number of amides is 1. The summed E-state index contributed by atoms with van der Waals surface area (Å²) in [6.45, 7) is 1.84. The van der Waals surface area contributed by atoms with Crippen molar-refractivity contribution < 1.29 is 13.2 Å². The highest BCUT2D eigenvalue weighted by Crippen LogP contribution is 2.09. The molecule has 0 aliphatic heterocycles. The van der Waals surface area contributed by atoms with Gasteiger partial charge in [-0.2, -0.15) is 0 Å². The first-order valence-corrected chi connectivity index (χ1v) is 6.16. The van der Waals surface area contributed by atoms with Gasteiger partial charge in [0.25, 0.3) is 10.0 Å². The van der Waals surface area contributed by atoms with Gasteiger partial charge in [0.2, 0.25) is 5.91 Å². The standard InChI is InChI=1S/C9H10ClNO3S/c1-7-2-4-8(5-3-7)15(13,14)11-9(12)6-10/h2-5H,6H2,1H3,(H,11,12). The summed E-state index contributed by atoms with van der Waals surface area (Å²) in [5.41, 5.74) is 0.942. The molecule has 0 saturated heterocycles. The van der Waals surface area contributed by atoms with Gasteiger partial charge in [0.1, 0.15) is 5.88 Å². The normalized spacial score (nSPS) is 11.1. The highest BCUT2D eigenvalue weighted by atomic mass is 35.5. The van der Waals surface area contributed by atoms with Crippen molar-refractivity contribution in [2.24, 2.45) is 0 Å². The van der Waals surface area contributed by atoms with Crippen molar-refractivity contribution in [1.82, 2.24) is 4.72 Å². The van der Waals surface area contributed by atoms with Crippen LogP contribution in [0.25, 0.3) is 0 Å². The number of benzene rings is 1. The molecule has 0 radical (unpaired) electrons. The Labute approximate surface area is 93.3 Å². The molecule has 0 heterocycles. The first kappa shape index (κ1) is 12.0. The van der Waals surface area contributed by atoms with Crippen LogP contribution in [0.5, 0.6) is 0 Å². The number of aryl methyl sites for hydroxylation is 1. The van der Waals surface area contributed by atoms with E-state index in [4.69, 9.17) is 11.6 Å². The smallest absolute Gasteiger partial charge is 0.264 e. The lowest BCUT2D eigenvalue weighted by Gasteiger charge is -2.05. The van der Waals surface area contributed by atoms with Crippen molar-refractivity contribution in [3.63, 3.8) is 0 Å². The molecular weight excluding hydrogens is 238 g/mol. The average molecular weight is 248 g/mol. The molecule has 82 valence electrons. The number of nitrogens with one attached hydrogen (secondary N) is 1. The van der Waals surface area contributed by atoms with Gasteiger partial charge < -0.3 is 0 Å². The minimum Gasteiger partial charge on any atom is -0.273 e. The van der Waals surface area contributed by atoms with E-state index < -0.39 is 15.9 Å².